The fourth-order valence-electron chi connectivity index (χ4n) is 3.47. The van der Waals surface area contributed by atoms with E-state index in [0.717, 1.165) is 16.9 Å². The van der Waals surface area contributed by atoms with E-state index in [-0.39, 0.29) is 37.3 Å². The maximum absolute atomic E-state index is 13.0. The molecule has 34 heavy (non-hydrogen) atoms. The molecule has 0 unspecified atom stereocenters. The Balaban J connectivity index is 1.34. The summed E-state index contributed by atoms with van der Waals surface area (Å²) in [6, 6.07) is 18.5. The van der Waals surface area contributed by atoms with E-state index in [2.05, 4.69) is 10.3 Å². The lowest BCUT2D eigenvalue weighted by molar-refractivity contribution is -0.121. The number of imidazole rings is 1. The van der Waals surface area contributed by atoms with Crippen molar-refractivity contribution in [2.75, 3.05) is 13.1 Å². The zero-order valence-electron chi connectivity index (χ0n) is 18.8. The van der Waals surface area contributed by atoms with Gasteiger partial charge in [0.05, 0.1) is 12.2 Å². The van der Waals surface area contributed by atoms with Crippen LogP contribution in [-0.2, 0) is 17.9 Å². The van der Waals surface area contributed by atoms with Gasteiger partial charge >= 0.3 is 0 Å². The molecule has 2 aromatic carbocycles. The monoisotopic (exact) mass is 460 g/mol. The summed E-state index contributed by atoms with van der Waals surface area (Å²) in [7, 11) is 0. The van der Waals surface area contributed by atoms with Gasteiger partial charge in [0, 0.05) is 31.0 Å². The highest BCUT2D eigenvalue weighted by molar-refractivity contribution is 5.96. The van der Waals surface area contributed by atoms with Crippen LogP contribution in [0.4, 0.5) is 4.39 Å². The number of hydrogen-bond donors (Lipinski definition) is 1. The smallest absolute Gasteiger partial charge is 0.254 e. The molecule has 0 fully saturated rings. The summed E-state index contributed by atoms with van der Waals surface area (Å²) >= 11 is 0. The number of ether oxygens (including phenoxy) is 1. The summed E-state index contributed by atoms with van der Waals surface area (Å²) in [6.45, 7) is 2.63. The Bertz CT molecular complexity index is 1250. The van der Waals surface area contributed by atoms with Crippen molar-refractivity contribution in [3.05, 3.63) is 102 Å². The molecule has 174 valence electrons. The molecule has 0 atom stereocenters. The Labute approximate surface area is 196 Å². The van der Waals surface area contributed by atoms with Crippen molar-refractivity contribution in [3.8, 4) is 5.75 Å². The minimum atomic E-state index is -0.331. The number of pyridine rings is 1. The number of fused-ring (bicyclic) bond motifs is 1. The van der Waals surface area contributed by atoms with E-state index in [0.29, 0.717) is 17.9 Å². The summed E-state index contributed by atoms with van der Waals surface area (Å²) < 4.78 is 20.8. The minimum Gasteiger partial charge on any atom is -0.487 e. The molecule has 8 heteroatoms. The van der Waals surface area contributed by atoms with Crippen molar-refractivity contribution in [2.45, 2.75) is 20.1 Å². The standard InChI is InChI=1S/C26H25FN4O3/c1-2-30(17-25(32)28-15-19-9-11-21(27)12-10-19)26(33)20-6-5-7-23(14-20)34-18-22-16-31-13-4-3-8-24(31)29-22/h3-14,16H,2,15,17-18H2,1H3,(H,28,32). The first-order chi connectivity index (χ1) is 16.5. The largest absolute Gasteiger partial charge is 0.487 e. The summed E-state index contributed by atoms with van der Waals surface area (Å²) in [5.41, 5.74) is 2.82. The Hall–Kier alpha value is -4.20. The van der Waals surface area contributed by atoms with E-state index in [1.807, 2.05) is 41.9 Å². The van der Waals surface area contributed by atoms with Crippen molar-refractivity contribution in [2.24, 2.45) is 0 Å². The Kier molecular flexibility index (Phi) is 7.17. The van der Waals surface area contributed by atoms with E-state index in [4.69, 9.17) is 4.74 Å². The molecule has 4 aromatic rings. The lowest BCUT2D eigenvalue weighted by Crippen LogP contribution is -2.40. The van der Waals surface area contributed by atoms with Gasteiger partial charge < -0.3 is 19.4 Å². The van der Waals surface area contributed by atoms with Gasteiger partial charge in [-0.15, -0.1) is 0 Å². The lowest BCUT2D eigenvalue weighted by Gasteiger charge is -2.21. The molecule has 2 aromatic heterocycles. The first-order valence-electron chi connectivity index (χ1n) is 11.0. The van der Waals surface area contributed by atoms with E-state index in [1.54, 1.807) is 36.4 Å². The Morgan fingerprint density at radius 1 is 1.09 bits per heavy atom. The molecular formula is C26H25FN4O3. The van der Waals surface area contributed by atoms with Gasteiger partial charge in [-0.05, 0) is 55.0 Å². The Morgan fingerprint density at radius 2 is 1.91 bits per heavy atom. The molecule has 2 amide bonds. The maximum Gasteiger partial charge on any atom is 0.254 e. The minimum absolute atomic E-state index is 0.0805. The maximum atomic E-state index is 13.0. The number of benzene rings is 2. The molecular weight excluding hydrogens is 435 g/mol. The van der Waals surface area contributed by atoms with Gasteiger partial charge in [-0.3, -0.25) is 9.59 Å². The normalized spacial score (nSPS) is 10.8. The number of carbonyl (C=O) groups excluding carboxylic acids is 2. The van der Waals surface area contributed by atoms with Crippen LogP contribution in [0.25, 0.3) is 5.65 Å². The van der Waals surface area contributed by atoms with E-state index < -0.39 is 0 Å². The van der Waals surface area contributed by atoms with Crippen molar-refractivity contribution in [3.63, 3.8) is 0 Å². The van der Waals surface area contributed by atoms with Crippen LogP contribution in [0.2, 0.25) is 0 Å². The zero-order valence-corrected chi connectivity index (χ0v) is 18.8. The van der Waals surface area contributed by atoms with Crippen molar-refractivity contribution in [1.29, 1.82) is 0 Å². The molecule has 1 N–H and O–H groups in total. The molecule has 0 aliphatic heterocycles. The quantitative estimate of drug-likeness (QED) is 0.412. The first-order valence-corrected chi connectivity index (χ1v) is 11.0. The molecule has 0 aliphatic carbocycles. The van der Waals surface area contributed by atoms with Gasteiger partial charge in [-0.2, -0.15) is 0 Å². The SMILES string of the molecule is CCN(CC(=O)NCc1ccc(F)cc1)C(=O)c1cccc(OCc2cn3ccccc3n2)c1. The summed E-state index contributed by atoms with van der Waals surface area (Å²) in [5.74, 6) is -0.349. The van der Waals surface area contributed by atoms with Crippen LogP contribution in [0.5, 0.6) is 5.75 Å². The van der Waals surface area contributed by atoms with Crippen LogP contribution in [0.3, 0.4) is 0 Å². The average Bonchev–Trinajstić information content (AvgIpc) is 3.28. The first kappa shape index (κ1) is 23.0. The zero-order chi connectivity index (χ0) is 23.9. The lowest BCUT2D eigenvalue weighted by atomic mass is 10.2. The van der Waals surface area contributed by atoms with Crippen LogP contribution >= 0.6 is 0 Å². The fraction of sp³-hybridized carbons (Fsp3) is 0.192. The van der Waals surface area contributed by atoms with Crippen LogP contribution in [0.1, 0.15) is 28.5 Å². The van der Waals surface area contributed by atoms with Gasteiger partial charge in [-0.25, -0.2) is 9.37 Å². The number of hydrogen-bond acceptors (Lipinski definition) is 4. The van der Waals surface area contributed by atoms with Gasteiger partial charge in [-0.1, -0.05) is 24.3 Å². The number of likely N-dealkylation sites (N-methyl/N-ethyl adjacent to an activating group) is 1. The van der Waals surface area contributed by atoms with Gasteiger partial charge in [0.2, 0.25) is 5.91 Å². The molecule has 0 radical (unpaired) electrons. The van der Waals surface area contributed by atoms with Crippen LogP contribution < -0.4 is 10.1 Å². The van der Waals surface area contributed by atoms with Crippen LogP contribution in [0, 0.1) is 5.82 Å². The van der Waals surface area contributed by atoms with E-state index in [9.17, 15) is 14.0 Å². The Morgan fingerprint density at radius 3 is 2.68 bits per heavy atom. The molecule has 7 nitrogen and oxygen atoms in total. The van der Waals surface area contributed by atoms with Gasteiger partial charge in [0.25, 0.3) is 5.91 Å². The summed E-state index contributed by atoms with van der Waals surface area (Å²) in [6.07, 6.45) is 3.81. The number of carbonyl (C=O) groups is 2. The van der Waals surface area contributed by atoms with Crippen LogP contribution in [0.15, 0.2) is 79.1 Å². The number of rotatable bonds is 9. The van der Waals surface area contributed by atoms with E-state index in [1.165, 1.54) is 17.0 Å². The fourth-order valence-corrected chi connectivity index (χ4v) is 3.47. The molecule has 4 rings (SSSR count). The summed E-state index contributed by atoms with van der Waals surface area (Å²) in [4.78, 5) is 31.3. The number of aromatic nitrogens is 2. The van der Waals surface area contributed by atoms with Gasteiger partial charge in [0.1, 0.15) is 23.8 Å². The third kappa shape index (κ3) is 5.78. The molecule has 0 aliphatic rings. The third-order valence-corrected chi connectivity index (χ3v) is 5.29. The predicted octanol–water partition coefficient (Wildman–Crippen LogP) is 3.83. The van der Waals surface area contributed by atoms with Crippen molar-refractivity contribution < 1.29 is 18.7 Å². The highest BCUT2D eigenvalue weighted by Crippen LogP contribution is 2.17. The van der Waals surface area contributed by atoms with Crippen molar-refractivity contribution in [1.82, 2.24) is 19.6 Å². The average molecular weight is 461 g/mol. The predicted molar refractivity (Wildman–Crippen MR) is 126 cm³/mol. The topological polar surface area (TPSA) is 75.9 Å². The second-order valence-electron chi connectivity index (χ2n) is 7.74. The highest BCUT2D eigenvalue weighted by atomic mass is 19.1. The van der Waals surface area contributed by atoms with E-state index >= 15 is 0 Å². The second-order valence-corrected chi connectivity index (χ2v) is 7.74. The number of halogens is 1. The van der Waals surface area contributed by atoms with Crippen molar-refractivity contribution >= 4 is 17.5 Å². The number of nitrogens with one attached hydrogen (secondary N) is 1. The second kappa shape index (κ2) is 10.6. The number of amides is 2. The molecule has 0 saturated heterocycles. The van der Waals surface area contributed by atoms with Gasteiger partial charge in [0.15, 0.2) is 0 Å². The molecule has 0 bridgehead atoms. The third-order valence-electron chi connectivity index (χ3n) is 5.29. The van der Waals surface area contributed by atoms with Crippen LogP contribution in [-0.4, -0.2) is 39.2 Å². The summed E-state index contributed by atoms with van der Waals surface area (Å²) in [5, 5.41) is 2.76. The highest BCUT2D eigenvalue weighted by Gasteiger charge is 2.18. The molecule has 0 spiro atoms. The molecule has 0 saturated carbocycles. The number of nitrogens with zero attached hydrogens (tertiary/aromatic N) is 3. The molecule has 2 heterocycles.